The lowest BCUT2D eigenvalue weighted by Gasteiger charge is -2.32. The van der Waals surface area contributed by atoms with Crippen LogP contribution in [0.1, 0.15) is 130 Å². The number of esters is 1. The zero-order valence-electron chi connectivity index (χ0n) is 45.8. The van der Waals surface area contributed by atoms with Crippen LogP contribution >= 0.6 is 0 Å². The number of fused-ring (bicyclic) bond motifs is 2. The molecular weight excluding hydrogens is 1060 g/mol. The highest BCUT2D eigenvalue weighted by molar-refractivity contribution is 6.00. The summed E-state index contributed by atoms with van der Waals surface area (Å²) in [5.41, 5.74) is 10.9. The quantitative estimate of drug-likeness (QED) is 0.0222. The molecule has 3 aliphatic rings. The van der Waals surface area contributed by atoms with E-state index in [2.05, 4.69) is 34.8 Å². The first-order valence-corrected chi connectivity index (χ1v) is 27.2. The summed E-state index contributed by atoms with van der Waals surface area (Å²) in [6.45, 7) is 4.79. The van der Waals surface area contributed by atoms with Gasteiger partial charge in [0.05, 0.1) is 25.2 Å². The summed E-state index contributed by atoms with van der Waals surface area (Å²) in [6.07, 6.45) is -3.73. The first kappa shape index (κ1) is 67.5. The number of ether oxygens (including phenoxy) is 1. The van der Waals surface area contributed by atoms with Gasteiger partial charge < -0.3 is 93.7 Å². The van der Waals surface area contributed by atoms with Gasteiger partial charge in [-0.3, -0.25) is 43.3 Å². The average molecular weight is 1140 g/mol. The molecule has 13 atom stereocenters. The number of aliphatic carboxylic acids is 2. The van der Waals surface area contributed by atoms with E-state index in [4.69, 9.17) is 16.2 Å². The Hall–Kier alpha value is -6.76. The molecule has 80 heavy (non-hydrogen) atoms. The molecule has 0 radical (unpaired) electrons. The van der Waals surface area contributed by atoms with Gasteiger partial charge in [0.2, 0.25) is 47.3 Å². The number of guanidine groups is 1. The number of aliphatic hydroxyl groups excluding tert-OH is 5. The molecule has 3 aliphatic heterocycles. The van der Waals surface area contributed by atoms with E-state index in [1.807, 2.05) is 16.0 Å². The number of carbonyl (C=O) groups is 11. The fraction of sp³-hybridized carbons (Fsp3) is 0.760. The molecule has 0 aliphatic carbocycles. The number of unbranched alkanes of at least 4 members (excludes halogenated alkanes) is 7. The molecule has 0 bridgehead atoms. The lowest BCUT2D eigenvalue weighted by Crippen LogP contribution is -2.64. The number of carboxylic acids is 2. The van der Waals surface area contributed by atoms with Crippen LogP contribution in [0.3, 0.4) is 0 Å². The lowest BCUT2D eigenvalue weighted by atomic mass is 10.0. The van der Waals surface area contributed by atoms with E-state index in [0.29, 0.717) is 23.7 Å². The van der Waals surface area contributed by atoms with Crippen molar-refractivity contribution in [2.75, 3.05) is 26.2 Å². The van der Waals surface area contributed by atoms with Gasteiger partial charge in [0.25, 0.3) is 0 Å². The molecule has 452 valence electrons. The second-order valence-corrected chi connectivity index (χ2v) is 20.9. The van der Waals surface area contributed by atoms with Crippen molar-refractivity contribution in [2.24, 2.45) is 22.4 Å². The monoisotopic (exact) mass is 1140 g/mol. The van der Waals surface area contributed by atoms with Crippen molar-refractivity contribution in [3.63, 3.8) is 0 Å². The number of hydrogen-bond acceptors (Lipinski definition) is 18. The second kappa shape index (κ2) is 33.1. The van der Waals surface area contributed by atoms with Crippen molar-refractivity contribution in [2.45, 2.75) is 209 Å². The maximum Gasteiger partial charge on any atom is 0.335 e. The van der Waals surface area contributed by atoms with Gasteiger partial charge in [0, 0.05) is 19.6 Å². The zero-order chi connectivity index (χ0) is 60.0. The van der Waals surface area contributed by atoms with Gasteiger partial charge in [-0.05, 0) is 64.7 Å². The first-order chi connectivity index (χ1) is 37.7. The van der Waals surface area contributed by atoms with Crippen LogP contribution < -0.4 is 43.4 Å². The van der Waals surface area contributed by atoms with Crippen molar-refractivity contribution in [3.05, 3.63) is 0 Å². The Labute approximate surface area is 462 Å². The molecule has 0 unspecified atom stereocenters. The summed E-state index contributed by atoms with van der Waals surface area (Å²) >= 11 is 0. The summed E-state index contributed by atoms with van der Waals surface area (Å²) in [6, 6.07) is -15.3. The number of rotatable bonds is 21. The number of carbonyl (C=O) groups excluding carboxylic acids is 9. The average Bonchev–Trinajstić information content (AvgIpc) is 4.05. The molecule has 0 saturated carbocycles. The lowest BCUT2D eigenvalue weighted by molar-refractivity contribution is -0.165. The van der Waals surface area contributed by atoms with Crippen LogP contribution in [0.15, 0.2) is 4.99 Å². The minimum atomic E-state index is -2.77. The molecule has 17 N–H and O–H groups in total. The number of aliphatic imine (C=N–C) groups is 1. The highest BCUT2D eigenvalue weighted by atomic mass is 16.5. The number of amides is 8. The molecule has 8 amide bonds. The minimum absolute atomic E-state index is 0.0309. The van der Waals surface area contributed by atoms with E-state index in [9.17, 15) is 88.5 Å². The Balaban J connectivity index is 2.10. The predicted octanol–water partition coefficient (Wildman–Crippen LogP) is -4.94. The van der Waals surface area contributed by atoms with Crippen LogP contribution in [0.25, 0.3) is 0 Å². The van der Waals surface area contributed by atoms with Crippen LogP contribution in [0.2, 0.25) is 0 Å². The van der Waals surface area contributed by atoms with Crippen LogP contribution in [-0.4, -0.2) is 222 Å². The SMILES string of the molecule is CC(C)CCCCCCCCCC[C@H]1CC(=O)N[C@@H]([C@H](C)O)C(=O)N[C@H](C)C(=O)N2CCC[C@@H]2C(=O)N[C@H](CCCN=C(N)N)C(=O)N[C@H]([C@H](O)C(=O)O)C(=O)N[C@H](CO)C(=O)N2CC[C@H](O)[C@@H]2C(=O)N[C@H]([C@@H](O)C(=O)O)C(=O)O1. The van der Waals surface area contributed by atoms with Gasteiger partial charge in [0.15, 0.2) is 24.2 Å². The van der Waals surface area contributed by atoms with Crippen molar-refractivity contribution in [1.29, 1.82) is 0 Å². The Bertz CT molecular complexity index is 2200. The Morgan fingerprint density at radius 2 is 1.23 bits per heavy atom. The van der Waals surface area contributed by atoms with E-state index >= 15 is 0 Å². The molecule has 3 fully saturated rings. The van der Waals surface area contributed by atoms with E-state index in [1.54, 1.807) is 0 Å². The maximum absolute atomic E-state index is 14.1. The standard InChI is InChI=1S/C50H83N11O19/c1-25(2)15-11-9-7-5-6-8-10-12-16-28-23-33(65)57-34(27(4)63)42(70)54-26(3)45(73)60-21-14-18-31(60)41(69)55-29(17-13-20-53-50(51)52)40(68)58-35(38(66)47(75)76)43(71)56-30(24-62)46(74)61-22-19-32(64)37(61)44(72)59-36(49(79)80-28)39(67)48(77)78/h25-32,34-39,62-64,66-67H,5-24H2,1-4H3,(H,54,70)(H,55,69)(H,56,71)(H,57,65)(H,58,68)(H,59,72)(H,75,76)(H,77,78)(H4,51,52,53)/t26-,27+,28+,29-,30-,31-,32+,34+,35-,36-,37-,38+,39-/m1/s1. The fourth-order valence-corrected chi connectivity index (χ4v) is 9.55. The first-order valence-electron chi connectivity index (χ1n) is 27.2. The van der Waals surface area contributed by atoms with Gasteiger partial charge in [-0.1, -0.05) is 65.2 Å². The number of nitrogens with one attached hydrogen (secondary N) is 6. The third kappa shape index (κ3) is 20.7. The Morgan fingerprint density at radius 1 is 0.650 bits per heavy atom. The number of hydrogen-bond donors (Lipinski definition) is 15. The molecule has 0 aromatic rings. The van der Waals surface area contributed by atoms with Crippen molar-refractivity contribution < 1.29 is 93.2 Å². The normalized spacial score (nSPS) is 27.6. The number of carboxylic acid groups (broad SMARTS) is 2. The molecule has 0 aromatic carbocycles. The van der Waals surface area contributed by atoms with Crippen LogP contribution in [0.5, 0.6) is 0 Å². The van der Waals surface area contributed by atoms with Crippen molar-refractivity contribution >= 4 is 71.1 Å². The maximum atomic E-state index is 14.1. The zero-order valence-corrected chi connectivity index (χ0v) is 45.8. The van der Waals surface area contributed by atoms with Gasteiger partial charge >= 0.3 is 17.9 Å². The molecular formula is C50H83N11O19. The highest BCUT2D eigenvalue weighted by Gasteiger charge is 2.47. The number of nitrogens with two attached hydrogens (primary N) is 2. The summed E-state index contributed by atoms with van der Waals surface area (Å²) in [5, 5.41) is 86.6. The Kier molecular flexibility index (Phi) is 27.9. The van der Waals surface area contributed by atoms with E-state index in [0.717, 1.165) is 56.8 Å². The number of aliphatic hydroxyl groups is 5. The van der Waals surface area contributed by atoms with Crippen LogP contribution in [-0.2, 0) is 57.5 Å². The largest absolute Gasteiger partial charge is 0.479 e. The summed E-state index contributed by atoms with van der Waals surface area (Å²) in [7, 11) is 0. The molecule has 30 nitrogen and oxygen atoms in total. The van der Waals surface area contributed by atoms with Gasteiger partial charge in [-0.2, -0.15) is 0 Å². The third-order valence-electron chi connectivity index (χ3n) is 14.0. The fourth-order valence-electron chi connectivity index (χ4n) is 9.55. The second-order valence-electron chi connectivity index (χ2n) is 20.9. The minimum Gasteiger partial charge on any atom is -0.479 e. The summed E-state index contributed by atoms with van der Waals surface area (Å²) in [5.74, 6) is -14.9. The van der Waals surface area contributed by atoms with Gasteiger partial charge in [0.1, 0.15) is 48.4 Å². The number of cyclic esters (lactones) is 1. The summed E-state index contributed by atoms with van der Waals surface area (Å²) < 4.78 is 5.61. The Morgan fingerprint density at radius 3 is 1.81 bits per heavy atom. The van der Waals surface area contributed by atoms with Gasteiger partial charge in [-0.25, -0.2) is 14.4 Å². The van der Waals surface area contributed by atoms with Crippen molar-refractivity contribution in [3.8, 4) is 0 Å². The van der Waals surface area contributed by atoms with Gasteiger partial charge in [-0.15, -0.1) is 0 Å². The molecule has 0 spiro atoms. The molecule has 3 rings (SSSR count). The van der Waals surface area contributed by atoms with E-state index < -0.39 is 164 Å². The van der Waals surface area contributed by atoms with Crippen LogP contribution in [0, 0.1) is 5.92 Å². The van der Waals surface area contributed by atoms with E-state index in [1.165, 1.54) is 6.92 Å². The topological polar surface area (TPSA) is 482 Å². The third-order valence-corrected chi connectivity index (χ3v) is 14.0. The smallest absolute Gasteiger partial charge is 0.335 e. The number of nitrogens with zero attached hydrogens (tertiary/aromatic N) is 3. The highest BCUT2D eigenvalue weighted by Crippen LogP contribution is 2.23. The van der Waals surface area contributed by atoms with Crippen molar-refractivity contribution in [1.82, 2.24) is 41.7 Å². The summed E-state index contributed by atoms with van der Waals surface area (Å²) in [4.78, 5) is 155. The molecule has 3 saturated heterocycles. The molecule has 30 heteroatoms. The predicted molar refractivity (Wildman–Crippen MR) is 280 cm³/mol. The van der Waals surface area contributed by atoms with Crippen LogP contribution in [0.4, 0.5) is 0 Å². The molecule has 0 aromatic heterocycles. The van der Waals surface area contributed by atoms with E-state index in [-0.39, 0.29) is 57.6 Å². The molecule has 3 heterocycles.